The molecule has 0 radical (unpaired) electrons. The molecule has 0 aromatic carbocycles. The van der Waals surface area contributed by atoms with Gasteiger partial charge >= 0.3 is 0 Å². The maximum atomic E-state index is 5.43. The Morgan fingerprint density at radius 2 is 2.27 bits per heavy atom. The van der Waals surface area contributed by atoms with Crippen molar-refractivity contribution in [3.63, 3.8) is 0 Å². The highest BCUT2D eigenvalue weighted by molar-refractivity contribution is 5.53. The Morgan fingerprint density at radius 3 is 2.95 bits per heavy atom. The Kier molecular flexibility index (Phi) is 3.19. The lowest BCUT2D eigenvalue weighted by Crippen LogP contribution is -2.17. The number of hydrogen-bond donors (Lipinski definition) is 0. The fourth-order valence-electron chi connectivity index (χ4n) is 2.78. The van der Waals surface area contributed by atoms with Crippen LogP contribution in [-0.2, 0) is 0 Å². The number of hydrogen-bond acceptors (Lipinski definition) is 6. The third-order valence-corrected chi connectivity index (χ3v) is 4.02. The summed E-state index contributed by atoms with van der Waals surface area (Å²) in [7, 11) is 2.09. The Balaban J connectivity index is 1.58. The van der Waals surface area contributed by atoms with Gasteiger partial charge in [0.15, 0.2) is 0 Å². The van der Waals surface area contributed by atoms with E-state index in [2.05, 4.69) is 32.1 Å². The molecule has 7 nitrogen and oxygen atoms in total. The second-order valence-electron chi connectivity index (χ2n) is 5.47. The molecule has 3 aromatic heterocycles. The zero-order chi connectivity index (χ0) is 14.9. The minimum atomic E-state index is 0.236. The van der Waals surface area contributed by atoms with Gasteiger partial charge in [0.25, 0.3) is 0 Å². The normalized spacial score (nSPS) is 18.9. The summed E-state index contributed by atoms with van der Waals surface area (Å²) in [5.41, 5.74) is 0.847. The van der Waals surface area contributed by atoms with Gasteiger partial charge in [0.2, 0.25) is 11.7 Å². The third kappa shape index (κ3) is 2.29. The van der Waals surface area contributed by atoms with Crippen LogP contribution in [0, 0.1) is 0 Å². The molecule has 7 heteroatoms. The quantitative estimate of drug-likeness (QED) is 0.737. The molecule has 0 amide bonds. The predicted octanol–water partition coefficient (Wildman–Crippen LogP) is 2.08. The fourth-order valence-corrected chi connectivity index (χ4v) is 2.78. The zero-order valence-corrected chi connectivity index (χ0v) is 12.3. The minimum absolute atomic E-state index is 0.236. The largest absolute Gasteiger partial charge is 0.337 e. The van der Waals surface area contributed by atoms with E-state index < -0.39 is 0 Å². The standard InChI is InChI=1S/C15H16N6O/c1-20-7-2-3-12(20)15-18-14(19-22-15)11-4-5-13(17-9-11)21-8-6-16-10-21/h4-6,8-10,12H,2-3,7H2,1H3. The van der Waals surface area contributed by atoms with Gasteiger partial charge < -0.3 is 4.52 Å². The highest BCUT2D eigenvalue weighted by Gasteiger charge is 2.27. The summed E-state index contributed by atoms with van der Waals surface area (Å²) in [6.07, 6.45) is 9.27. The van der Waals surface area contributed by atoms with Gasteiger partial charge in [-0.05, 0) is 38.6 Å². The monoisotopic (exact) mass is 296 g/mol. The number of likely N-dealkylation sites (tertiary alicyclic amines) is 1. The predicted molar refractivity (Wildman–Crippen MR) is 79.3 cm³/mol. The van der Waals surface area contributed by atoms with Gasteiger partial charge in [-0.15, -0.1) is 0 Å². The van der Waals surface area contributed by atoms with Crippen LogP contribution in [0.1, 0.15) is 24.8 Å². The van der Waals surface area contributed by atoms with Crippen molar-refractivity contribution >= 4 is 0 Å². The van der Waals surface area contributed by atoms with E-state index in [1.165, 1.54) is 6.42 Å². The van der Waals surface area contributed by atoms with Crippen LogP contribution in [0.4, 0.5) is 0 Å². The second kappa shape index (κ2) is 5.34. The van der Waals surface area contributed by atoms with Crippen molar-refractivity contribution in [3.8, 4) is 17.2 Å². The SMILES string of the molecule is CN1CCCC1c1nc(-c2ccc(-n3ccnc3)nc2)no1. The molecule has 0 spiro atoms. The molecule has 0 aliphatic carbocycles. The average molecular weight is 296 g/mol. The van der Waals surface area contributed by atoms with Crippen molar-refractivity contribution in [1.29, 1.82) is 0 Å². The average Bonchev–Trinajstić information content (AvgIpc) is 3.28. The lowest BCUT2D eigenvalue weighted by molar-refractivity contribution is 0.245. The van der Waals surface area contributed by atoms with Crippen LogP contribution in [-0.4, -0.2) is 43.2 Å². The zero-order valence-electron chi connectivity index (χ0n) is 12.3. The summed E-state index contributed by atoms with van der Waals surface area (Å²) in [6, 6.07) is 4.09. The van der Waals surface area contributed by atoms with Gasteiger partial charge in [-0.2, -0.15) is 4.98 Å². The Bertz CT molecular complexity index is 749. The minimum Gasteiger partial charge on any atom is -0.337 e. The lowest BCUT2D eigenvalue weighted by atomic mass is 10.2. The maximum absolute atomic E-state index is 5.43. The molecule has 1 saturated heterocycles. The molecule has 1 unspecified atom stereocenters. The van der Waals surface area contributed by atoms with Gasteiger partial charge in [-0.1, -0.05) is 5.16 Å². The lowest BCUT2D eigenvalue weighted by Gasteiger charge is -2.14. The summed E-state index contributed by atoms with van der Waals surface area (Å²) in [6.45, 7) is 1.07. The number of nitrogens with zero attached hydrogens (tertiary/aromatic N) is 6. The maximum Gasteiger partial charge on any atom is 0.244 e. The smallest absolute Gasteiger partial charge is 0.244 e. The molecule has 22 heavy (non-hydrogen) atoms. The Labute approximate surface area is 127 Å². The van der Waals surface area contributed by atoms with Crippen molar-refractivity contribution in [2.45, 2.75) is 18.9 Å². The molecule has 1 aliphatic heterocycles. The van der Waals surface area contributed by atoms with E-state index in [-0.39, 0.29) is 6.04 Å². The first-order valence-electron chi connectivity index (χ1n) is 7.30. The molecule has 3 aromatic rings. The highest BCUT2D eigenvalue weighted by atomic mass is 16.5. The Hall–Kier alpha value is -2.54. The van der Waals surface area contributed by atoms with Crippen LogP contribution in [0.25, 0.3) is 17.2 Å². The highest BCUT2D eigenvalue weighted by Crippen LogP contribution is 2.30. The van der Waals surface area contributed by atoms with Crippen LogP contribution >= 0.6 is 0 Å². The van der Waals surface area contributed by atoms with E-state index in [1.54, 1.807) is 18.7 Å². The van der Waals surface area contributed by atoms with E-state index in [9.17, 15) is 0 Å². The molecule has 4 rings (SSSR count). The number of aromatic nitrogens is 5. The molecule has 0 N–H and O–H groups in total. The van der Waals surface area contributed by atoms with Crippen LogP contribution in [0.5, 0.6) is 0 Å². The summed E-state index contributed by atoms with van der Waals surface area (Å²) < 4.78 is 7.28. The van der Waals surface area contributed by atoms with E-state index in [4.69, 9.17) is 4.52 Å². The van der Waals surface area contributed by atoms with Gasteiger partial charge in [0.1, 0.15) is 12.1 Å². The molecule has 4 heterocycles. The van der Waals surface area contributed by atoms with E-state index in [0.29, 0.717) is 11.7 Å². The molecule has 1 fully saturated rings. The van der Waals surface area contributed by atoms with Crippen molar-refractivity contribution in [3.05, 3.63) is 42.9 Å². The van der Waals surface area contributed by atoms with E-state index in [1.807, 2.05) is 22.9 Å². The molecular weight excluding hydrogens is 280 g/mol. The van der Waals surface area contributed by atoms with E-state index >= 15 is 0 Å². The van der Waals surface area contributed by atoms with Gasteiger partial charge in [0, 0.05) is 24.2 Å². The molecule has 112 valence electrons. The van der Waals surface area contributed by atoms with Crippen molar-refractivity contribution in [1.82, 2.24) is 29.6 Å². The topological polar surface area (TPSA) is 72.9 Å². The molecular formula is C15H16N6O. The molecule has 1 atom stereocenters. The number of rotatable bonds is 3. The molecule has 0 bridgehead atoms. The van der Waals surface area contributed by atoms with Crippen molar-refractivity contribution in [2.75, 3.05) is 13.6 Å². The summed E-state index contributed by atoms with van der Waals surface area (Å²) >= 11 is 0. The van der Waals surface area contributed by atoms with Crippen LogP contribution in [0.3, 0.4) is 0 Å². The second-order valence-corrected chi connectivity index (χ2v) is 5.47. The summed E-state index contributed by atoms with van der Waals surface area (Å²) in [5, 5.41) is 4.09. The fraction of sp³-hybridized carbons (Fsp3) is 0.333. The first-order chi connectivity index (χ1) is 10.8. The summed E-state index contributed by atoms with van der Waals surface area (Å²) in [4.78, 5) is 15.2. The van der Waals surface area contributed by atoms with Gasteiger partial charge in [0.05, 0.1) is 6.04 Å². The molecule has 1 aliphatic rings. The van der Waals surface area contributed by atoms with Gasteiger partial charge in [-0.3, -0.25) is 9.47 Å². The third-order valence-electron chi connectivity index (χ3n) is 4.02. The van der Waals surface area contributed by atoms with Gasteiger partial charge in [-0.25, -0.2) is 9.97 Å². The number of pyridine rings is 1. The Morgan fingerprint density at radius 1 is 1.32 bits per heavy atom. The van der Waals surface area contributed by atoms with Crippen LogP contribution in [0.2, 0.25) is 0 Å². The summed E-state index contributed by atoms with van der Waals surface area (Å²) in [5.74, 6) is 2.08. The van der Waals surface area contributed by atoms with Crippen molar-refractivity contribution < 1.29 is 4.52 Å². The first-order valence-corrected chi connectivity index (χ1v) is 7.30. The molecule has 0 saturated carbocycles. The van der Waals surface area contributed by atoms with Crippen molar-refractivity contribution in [2.24, 2.45) is 0 Å². The van der Waals surface area contributed by atoms with E-state index in [0.717, 1.165) is 24.3 Å². The van der Waals surface area contributed by atoms with Crippen LogP contribution < -0.4 is 0 Å². The van der Waals surface area contributed by atoms with Crippen LogP contribution in [0.15, 0.2) is 41.6 Å². The number of imidazole rings is 1. The first kappa shape index (κ1) is 13.1.